The van der Waals surface area contributed by atoms with Crippen molar-refractivity contribution in [3.05, 3.63) is 0 Å². The molecule has 1 rings (SSSR count). The average molecular weight is 166 g/mol. The lowest BCUT2D eigenvalue weighted by Gasteiger charge is -2.08. The number of hydrogen-bond acceptors (Lipinski definition) is 2. The number of hydrogen-bond donors (Lipinski definition) is 2. The molecule has 4 nitrogen and oxygen atoms in total. The predicted octanol–water partition coefficient (Wildman–Crippen LogP) is 0.896. The third kappa shape index (κ3) is 2.80. The van der Waals surface area contributed by atoms with Crippen molar-refractivity contribution in [2.75, 3.05) is 6.61 Å². The van der Waals surface area contributed by atoms with Gasteiger partial charge in [0.2, 0.25) is 0 Å². The molecule has 1 saturated carbocycles. The Balaban J connectivity index is 2.23. The molecule has 0 heterocycles. The molecule has 1 aliphatic rings. The predicted molar refractivity (Wildman–Crippen MR) is 35.3 cm³/mol. The van der Waals surface area contributed by atoms with Crippen LogP contribution in [0.25, 0.3) is 0 Å². The number of phosphoric acid groups is 1. The van der Waals surface area contributed by atoms with Gasteiger partial charge in [-0.1, -0.05) is 6.92 Å². The standard InChI is InChI=1S/C5H11O4P/c1-5(2-3-5)4-9-10(6,7)8/h2-4H2,1H3,(H2,6,7,8). The second-order valence-corrected chi connectivity index (χ2v) is 4.31. The number of phosphoric ester groups is 1. The van der Waals surface area contributed by atoms with Gasteiger partial charge in [-0.2, -0.15) is 0 Å². The summed E-state index contributed by atoms with van der Waals surface area (Å²) in [5.74, 6) is 0. The molecule has 0 aromatic heterocycles. The Morgan fingerprint density at radius 1 is 1.60 bits per heavy atom. The summed E-state index contributed by atoms with van der Waals surface area (Å²) in [6.45, 7) is 2.12. The molecule has 0 amide bonds. The fourth-order valence-corrected chi connectivity index (χ4v) is 1.08. The third-order valence-corrected chi connectivity index (χ3v) is 2.15. The van der Waals surface area contributed by atoms with Gasteiger partial charge in [0.15, 0.2) is 0 Å². The Morgan fingerprint density at radius 3 is 2.40 bits per heavy atom. The molecule has 0 atom stereocenters. The molecule has 0 bridgehead atoms. The third-order valence-electron chi connectivity index (χ3n) is 1.68. The van der Waals surface area contributed by atoms with E-state index in [1.807, 2.05) is 6.92 Å². The Hall–Kier alpha value is 0.110. The van der Waals surface area contributed by atoms with Gasteiger partial charge in [-0.15, -0.1) is 0 Å². The van der Waals surface area contributed by atoms with Crippen molar-refractivity contribution in [3.8, 4) is 0 Å². The Morgan fingerprint density at radius 2 is 2.10 bits per heavy atom. The minimum atomic E-state index is -4.22. The van der Waals surface area contributed by atoms with Crippen molar-refractivity contribution in [2.24, 2.45) is 5.41 Å². The summed E-state index contributed by atoms with van der Waals surface area (Å²) in [6.07, 6.45) is 2.01. The largest absolute Gasteiger partial charge is 0.469 e. The van der Waals surface area contributed by atoms with Crippen molar-refractivity contribution in [3.63, 3.8) is 0 Å². The smallest absolute Gasteiger partial charge is 0.303 e. The molecule has 5 heteroatoms. The molecule has 0 radical (unpaired) electrons. The van der Waals surface area contributed by atoms with E-state index in [1.54, 1.807) is 0 Å². The fourth-order valence-electron chi connectivity index (χ4n) is 0.598. The SMILES string of the molecule is CC1(COP(=O)(O)O)CC1. The molecule has 0 aromatic rings. The van der Waals surface area contributed by atoms with Crippen LogP contribution in [0.1, 0.15) is 19.8 Å². The van der Waals surface area contributed by atoms with Crippen LogP contribution in [0.2, 0.25) is 0 Å². The minimum absolute atomic E-state index is 0.0428. The topological polar surface area (TPSA) is 66.8 Å². The van der Waals surface area contributed by atoms with E-state index in [0.717, 1.165) is 12.8 Å². The van der Waals surface area contributed by atoms with E-state index in [9.17, 15) is 4.57 Å². The van der Waals surface area contributed by atoms with Gasteiger partial charge < -0.3 is 9.79 Å². The van der Waals surface area contributed by atoms with Crippen LogP contribution in [0.15, 0.2) is 0 Å². The summed E-state index contributed by atoms with van der Waals surface area (Å²) in [7, 11) is -4.22. The summed E-state index contributed by atoms with van der Waals surface area (Å²) in [4.78, 5) is 16.6. The first-order chi connectivity index (χ1) is 4.41. The summed E-state index contributed by atoms with van der Waals surface area (Å²) in [6, 6.07) is 0. The van der Waals surface area contributed by atoms with Crippen molar-refractivity contribution >= 4 is 7.82 Å². The second kappa shape index (κ2) is 2.31. The van der Waals surface area contributed by atoms with Gasteiger partial charge in [0, 0.05) is 0 Å². The second-order valence-electron chi connectivity index (χ2n) is 3.07. The zero-order chi connectivity index (χ0) is 7.83. The molecule has 0 aliphatic heterocycles. The summed E-state index contributed by atoms with van der Waals surface area (Å²) >= 11 is 0. The lowest BCUT2D eigenvalue weighted by Crippen LogP contribution is -2.03. The van der Waals surface area contributed by atoms with Gasteiger partial charge in [0.25, 0.3) is 0 Å². The van der Waals surface area contributed by atoms with E-state index in [4.69, 9.17) is 9.79 Å². The van der Waals surface area contributed by atoms with E-state index in [-0.39, 0.29) is 12.0 Å². The molecule has 0 saturated heterocycles. The molecule has 2 N–H and O–H groups in total. The van der Waals surface area contributed by atoms with Crippen LogP contribution in [0.5, 0.6) is 0 Å². The highest BCUT2D eigenvalue weighted by atomic mass is 31.2. The maximum Gasteiger partial charge on any atom is 0.469 e. The first kappa shape index (κ1) is 8.21. The Bertz CT molecular complexity index is 168. The highest BCUT2D eigenvalue weighted by Gasteiger charge is 2.39. The summed E-state index contributed by atoms with van der Waals surface area (Å²) < 4.78 is 14.5. The van der Waals surface area contributed by atoms with Crippen LogP contribution in [0, 0.1) is 5.41 Å². The van der Waals surface area contributed by atoms with Gasteiger partial charge in [0.05, 0.1) is 6.61 Å². The number of rotatable bonds is 3. The Kier molecular flexibility index (Phi) is 1.90. The van der Waals surface area contributed by atoms with Crippen LogP contribution >= 0.6 is 7.82 Å². The highest BCUT2D eigenvalue weighted by molar-refractivity contribution is 7.46. The minimum Gasteiger partial charge on any atom is -0.303 e. The summed E-state index contributed by atoms with van der Waals surface area (Å²) in [5, 5.41) is 0. The maximum absolute atomic E-state index is 10.2. The van der Waals surface area contributed by atoms with Gasteiger partial charge in [-0.25, -0.2) is 4.57 Å². The van der Waals surface area contributed by atoms with Crippen LogP contribution in [0.3, 0.4) is 0 Å². The highest BCUT2D eigenvalue weighted by Crippen LogP contribution is 2.49. The first-order valence-corrected chi connectivity index (χ1v) is 4.64. The summed E-state index contributed by atoms with van der Waals surface area (Å²) in [5.41, 5.74) is 0.0428. The monoisotopic (exact) mass is 166 g/mol. The zero-order valence-electron chi connectivity index (χ0n) is 5.78. The lowest BCUT2D eigenvalue weighted by atomic mass is 10.2. The molecule has 0 spiro atoms. The molecule has 60 valence electrons. The normalized spacial score (nSPS) is 22.7. The molecule has 0 unspecified atom stereocenters. The van der Waals surface area contributed by atoms with E-state index in [1.165, 1.54) is 0 Å². The maximum atomic E-state index is 10.2. The van der Waals surface area contributed by atoms with Crippen molar-refractivity contribution < 1.29 is 18.9 Å². The lowest BCUT2D eigenvalue weighted by molar-refractivity contribution is 0.165. The molecular formula is C5H11O4P. The van der Waals surface area contributed by atoms with Gasteiger partial charge in [-0.3, -0.25) is 4.52 Å². The van der Waals surface area contributed by atoms with Crippen molar-refractivity contribution in [2.45, 2.75) is 19.8 Å². The van der Waals surface area contributed by atoms with E-state index < -0.39 is 7.82 Å². The zero-order valence-corrected chi connectivity index (χ0v) is 6.67. The fraction of sp³-hybridized carbons (Fsp3) is 1.00. The van der Waals surface area contributed by atoms with Gasteiger partial charge in [0.1, 0.15) is 0 Å². The van der Waals surface area contributed by atoms with E-state index >= 15 is 0 Å². The van der Waals surface area contributed by atoms with Gasteiger partial charge in [-0.05, 0) is 18.3 Å². The Labute approximate surface area is 59.4 Å². The molecule has 1 aliphatic carbocycles. The van der Waals surface area contributed by atoms with E-state index in [2.05, 4.69) is 4.52 Å². The van der Waals surface area contributed by atoms with E-state index in [0.29, 0.717) is 0 Å². The van der Waals surface area contributed by atoms with Crippen LogP contribution in [-0.4, -0.2) is 16.4 Å². The average Bonchev–Trinajstić information content (AvgIpc) is 2.43. The van der Waals surface area contributed by atoms with Crippen molar-refractivity contribution in [1.82, 2.24) is 0 Å². The quantitative estimate of drug-likeness (QED) is 0.611. The molecule has 10 heavy (non-hydrogen) atoms. The van der Waals surface area contributed by atoms with Crippen LogP contribution < -0.4 is 0 Å². The molecular weight excluding hydrogens is 155 g/mol. The van der Waals surface area contributed by atoms with Crippen LogP contribution in [-0.2, 0) is 9.09 Å². The molecule has 1 fully saturated rings. The molecule has 0 aromatic carbocycles. The first-order valence-electron chi connectivity index (χ1n) is 3.11. The van der Waals surface area contributed by atoms with Crippen molar-refractivity contribution in [1.29, 1.82) is 0 Å². The van der Waals surface area contributed by atoms with Crippen LogP contribution in [0.4, 0.5) is 0 Å². The van der Waals surface area contributed by atoms with Gasteiger partial charge >= 0.3 is 7.82 Å².